The minimum Gasteiger partial charge on any atom is -0.286 e. The van der Waals surface area contributed by atoms with Crippen molar-refractivity contribution in [2.45, 2.75) is 0 Å². The fourth-order valence-corrected chi connectivity index (χ4v) is 2.05. The van der Waals surface area contributed by atoms with Gasteiger partial charge in [-0.1, -0.05) is 5.10 Å². The molecule has 0 spiro atoms. The zero-order valence-electron chi connectivity index (χ0n) is 9.31. The van der Waals surface area contributed by atoms with Crippen LogP contribution in [0.5, 0.6) is 0 Å². The average molecular weight is 274 g/mol. The van der Waals surface area contributed by atoms with Crippen molar-refractivity contribution in [3.05, 3.63) is 29.7 Å². The number of carbonyl (C=O) groups excluding carboxylic acids is 1. The van der Waals surface area contributed by atoms with Crippen LogP contribution in [0.25, 0.3) is 10.7 Å². The van der Waals surface area contributed by atoms with Gasteiger partial charge in [0, 0.05) is 17.8 Å². The lowest BCUT2D eigenvalue weighted by atomic mass is 10.4. The van der Waals surface area contributed by atoms with Gasteiger partial charge in [-0.3, -0.25) is 20.1 Å². The van der Waals surface area contributed by atoms with Crippen molar-refractivity contribution in [1.29, 1.82) is 0 Å². The largest absolute Gasteiger partial charge is 0.286 e. The van der Waals surface area contributed by atoms with Gasteiger partial charge in [-0.25, -0.2) is 4.98 Å². The molecule has 94 valence electrons. The number of hydrogen-bond acceptors (Lipinski definition) is 8. The molecule has 0 aromatic carbocycles. The van der Waals surface area contributed by atoms with Crippen molar-refractivity contribution >= 4 is 23.2 Å². The monoisotopic (exact) mass is 274 g/mol. The third-order valence-corrected chi connectivity index (χ3v) is 2.95. The van der Waals surface area contributed by atoms with E-state index < -0.39 is 5.91 Å². The molecule has 3 heterocycles. The number of nitrogens with zero attached hydrogens (tertiary/aromatic N) is 6. The molecule has 0 atom stereocenters. The topological polar surface area (TPSA) is 122 Å². The Morgan fingerprint density at radius 3 is 3.05 bits per heavy atom. The molecule has 0 aliphatic carbocycles. The standard InChI is InChI=1S/C9H6N8OS/c18-7(13-9-14-16-17-15-9)6-4-19-8(12-6)5-3-10-1-2-11-5/h1-4H,(H2,13,14,15,16,17,18). The van der Waals surface area contributed by atoms with Gasteiger partial charge < -0.3 is 0 Å². The molecule has 0 saturated carbocycles. The maximum Gasteiger partial charge on any atom is 0.277 e. The van der Waals surface area contributed by atoms with Gasteiger partial charge in [0.15, 0.2) is 0 Å². The molecule has 10 heteroatoms. The Labute approximate surface area is 110 Å². The first-order valence-electron chi connectivity index (χ1n) is 5.09. The normalized spacial score (nSPS) is 10.3. The molecule has 3 aromatic heterocycles. The second kappa shape index (κ2) is 4.86. The summed E-state index contributed by atoms with van der Waals surface area (Å²) >= 11 is 1.30. The van der Waals surface area contributed by atoms with E-state index in [0.717, 1.165) is 0 Å². The summed E-state index contributed by atoms with van der Waals surface area (Å²) in [6, 6.07) is 0. The van der Waals surface area contributed by atoms with Crippen molar-refractivity contribution in [3.8, 4) is 10.7 Å². The van der Waals surface area contributed by atoms with E-state index in [1.54, 1.807) is 24.0 Å². The molecule has 0 saturated heterocycles. The summed E-state index contributed by atoms with van der Waals surface area (Å²) in [4.78, 5) is 24.1. The van der Waals surface area contributed by atoms with Gasteiger partial charge in [0.05, 0.1) is 6.20 Å². The fraction of sp³-hybridized carbons (Fsp3) is 0. The van der Waals surface area contributed by atoms with E-state index in [0.29, 0.717) is 10.7 Å². The third kappa shape index (κ3) is 2.42. The number of hydrogen-bond donors (Lipinski definition) is 2. The molecular weight excluding hydrogens is 268 g/mol. The third-order valence-electron chi connectivity index (χ3n) is 2.09. The number of anilines is 1. The lowest BCUT2D eigenvalue weighted by molar-refractivity contribution is 0.102. The number of amides is 1. The summed E-state index contributed by atoms with van der Waals surface area (Å²) in [5, 5.41) is 17.5. The first-order valence-corrected chi connectivity index (χ1v) is 5.97. The first kappa shape index (κ1) is 11.3. The zero-order chi connectivity index (χ0) is 13.1. The summed E-state index contributed by atoms with van der Waals surface area (Å²) in [6.45, 7) is 0. The van der Waals surface area contributed by atoms with E-state index in [4.69, 9.17) is 0 Å². The van der Waals surface area contributed by atoms with Crippen LogP contribution in [0.15, 0.2) is 24.0 Å². The van der Waals surface area contributed by atoms with Crippen molar-refractivity contribution in [2.75, 3.05) is 5.32 Å². The van der Waals surface area contributed by atoms with Crippen molar-refractivity contribution in [2.24, 2.45) is 0 Å². The average Bonchev–Trinajstić information content (AvgIpc) is 3.10. The highest BCUT2D eigenvalue weighted by Crippen LogP contribution is 2.20. The minimum atomic E-state index is -0.409. The molecule has 3 rings (SSSR count). The molecule has 0 aliphatic heterocycles. The van der Waals surface area contributed by atoms with Gasteiger partial charge in [0.25, 0.3) is 11.9 Å². The van der Waals surface area contributed by atoms with Gasteiger partial charge in [0.1, 0.15) is 16.4 Å². The van der Waals surface area contributed by atoms with Crippen LogP contribution < -0.4 is 5.32 Å². The summed E-state index contributed by atoms with van der Waals surface area (Å²) in [5.41, 5.74) is 0.876. The highest BCUT2D eigenvalue weighted by Gasteiger charge is 2.14. The Bertz CT molecular complexity index is 679. The summed E-state index contributed by atoms with van der Waals surface area (Å²) in [5.74, 6) is -0.313. The maximum absolute atomic E-state index is 11.8. The van der Waals surface area contributed by atoms with Crippen LogP contribution in [0.3, 0.4) is 0 Å². The van der Waals surface area contributed by atoms with Crippen LogP contribution in [0.1, 0.15) is 10.5 Å². The van der Waals surface area contributed by atoms with Crippen LogP contribution in [0.2, 0.25) is 0 Å². The summed E-state index contributed by atoms with van der Waals surface area (Å²) < 4.78 is 0. The number of nitrogens with one attached hydrogen (secondary N) is 2. The van der Waals surface area contributed by atoms with Gasteiger partial charge >= 0.3 is 0 Å². The van der Waals surface area contributed by atoms with Crippen LogP contribution in [-0.4, -0.2) is 41.5 Å². The second-order valence-corrected chi connectivity index (χ2v) is 4.18. The molecule has 1 amide bonds. The molecule has 2 N–H and O–H groups in total. The minimum absolute atomic E-state index is 0.0963. The summed E-state index contributed by atoms with van der Waals surface area (Å²) in [6.07, 6.45) is 4.72. The molecule has 0 fully saturated rings. The molecule has 0 unspecified atom stereocenters. The van der Waals surface area contributed by atoms with E-state index in [-0.39, 0.29) is 11.6 Å². The smallest absolute Gasteiger partial charge is 0.277 e. The Kier molecular flexibility index (Phi) is 2.90. The highest BCUT2D eigenvalue weighted by molar-refractivity contribution is 7.13. The Morgan fingerprint density at radius 1 is 1.37 bits per heavy atom. The van der Waals surface area contributed by atoms with Crippen LogP contribution in [0.4, 0.5) is 5.95 Å². The predicted molar refractivity (Wildman–Crippen MR) is 65.3 cm³/mol. The van der Waals surface area contributed by atoms with Crippen LogP contribution >= 0.6 is 11.3 Å². The lowest BCUT2D eigenvalue weighted by Crippen LogP contribution is -2.13. The lowest BCUT2D eigenvalue weighted by Gasteiger charge is -1.95. The van der Waals surface area contributed by atoms with E-state index >= 15 is 0 Å². The van der Waals surface area contributed by atoms with Gasteiger partial charge in [-0.05, 0) is 5.21 Å². The number of carbonyl (C=O) groups is 1. The number of rotatable bonds is 3. The molecule has 0 bridgehead atoms. The van der Waals surface area contributed by atoms with Gasteiger partial charge in [-0.15, -0.1) is 16.4 Å². The SMILES string of the molecule is O=C(Nc1nn[nH]n1)c1csc(-c2cnccn2)n1. The Balaban J connectivity index is 1.80. The van der Waals surface area contributed by atoms with Crippen LogP contribution in [0, 0.1) is 0 Å². The predicted octanol–water partition coefficient (Wildman–Crippen LogP) is 0.365. The second-order valence-electron chi connectivity index (χ2n) is 3.32. The number of tetrazole rings is 1. The number of H-pyrrole nitrogens is 1. The number of aromatic amines is 1. The van der Waals surface area contributed by atoms with Crippen molar-refractivity contribution in [3.63, 3.8) is 0 Å². The number of thiazole rings is 1. The molecular formula is C9H6N8OS. The quantitative estimate of drug-likeness (QED) is 0.707. The van der Waals surface area contributed by atoms with E-state index in [9.17, 15) is 4.79 Å². The summed E-state index contributed by atoms with van der Waals surface area (Å²) in [7, 11) is 0. The maximum atomic E-state index is 11.8. The van der Waals surface area contributed by atoms with E-state index in [2.05, 4.69) is 40.9 Å². The molecule has 9 nitrogen and oxygen atoms in total. The van der Waals surface area contributed by atoms with Gasteiger partial charge in [-0.2, -0.15) is 5.21 Å². The van der Waals surface area contributed by atoms with Crippen LogP contribution in [-0.2, 0) is 0 Å². The molecule has 19 heavy (non-hydrogen) atoms. The Hall–Kier alpha value is -2.75. The molecule has 3 aromatic rings. The Morgan fingerprint density at radius 2 is 2.32 bits per heavy atom. The molecule has 0 radical (unpaired) electrons. The fourth-order valence-electron chi connectivity index (χ4n) is 1.29. The van der Waals surface area contributed by atoms with E-state index in [1.807, 2.05) is 0 Å². The first-order chi connectivity index (χ1) is 9.33. The number of aromatic nitrogens is 7. The highest BCUT2D eigenvalue weighted by atomic mass is 32.1. The van der Waals surface area contributed by atoms with Crippen molar-refractivity contribution < 1.29 is 4.79 Å². The van der Waals surface area contributed by atoms with Crippen molar-refractivity contribution in [1.82, 2.24) is 35.6 Å². The van der Waals surface area contributed by atoms with Gasteiger partial charge in [0.2, 0.25) is 0 Å². The van der Waals surface area contributed by atoms with E-state index in [1.165, 1.54) is 11.3 Å². The zero-order valence-corrected chi connectivity index (χ0v) is 10.1. The molecule has 0 aliphatic rings.